The SMILES string of the molecule is NC1=NC(c2ccccc2)N=C2CC3CCCCC3=C12. The van der Waals surface area contributed by atoms with E-state index < -0.39 is 0 Å². The van der Waals surface area contributed by atoms with Crippen molar-refractivity contribution in [2.75, 3.05) is 0 Å². The standard InChI is InChI=1S/C17H19N3/c18-16-15-13-9-5-4-8-12(13)10-14(15)19-17(20-16)11-6-2-1-3-7-11/h1-3,6-7,12,17H,4-5,8-10H2,(H2,18,20). The van der Waals surface area contributed by atoms with Crippen molar-refractivity contribution in [3.8, 4) is 0 Å². The fraction of sp³-hybridized carbons (Fsp3) is 0.412. The van der Waals surface area contributed by atoms with Gasteiger partial charge in [-0.1, -0.05) is 42.3 Å². The van der Waals surface area contributed by atoms with Crippen LogP contribution in [0.25, 0.3) is 0 Å². The van der Waals surface area contributed by atoms with Crippen molar-refractivity contribution < 1.29 is 0 Å². The number of hydrogen-bond donors (Lipinski definition) is 1. The van der Waals surface area contributed by atoms with E-state index in [4.69, 9.17) is 10.7 Å². The Kier molecular flexibility index (Phi) is 2.72. The summed E-state index contributed by atoms with van der Waals surface area (Å²) < 4.78 is 0. The molecule has 0 amide bonds. The Morgan fingerprint density at radius 3 is 2.75 bits per heavy atom. The van der Waals surface area contributed by atoms with Crippen molar-refractivity contribution in [3.05, 3.63) is 47.0 Å². The number of amidine groups is 1. The summed E-state index contributed by atoms with van der Waals surface area (Å²) in [5.74, 6) is 1.39. The first-order chi connectivity index (χ1) is 9.83. The van der Waals surface area contributed by atoms with Gasteiger partial charge in [-0.05, 0) is 37.2 Å². The third-order valence-corrected chi connectivity index (χ3v) is 4.68. The van der Waals surface area contributed by atoms with Crippen molar-refractivity contribution in [2.24, 2.45) is 21.6 Å². The Labute approximate surface area is 119 Å². The van der Waals surface area contributed by atoms with E-state index in [0.29, 0.717) is 11.8 Å². The van der Waals surface area contributed by atoms with Gasteiger partial charge < -0.3 is 5.73 Å². The van der Waals surface area contributed by atoms with Gasteiger partial charge in [0.15, 0.2) is 6.17 Å². The van der Waals surface area contributed by atoms with E-state index in [2.05, 4.69) is 17.1 Å². The van der Waals surface area contributed by atoms with Gasteiger partial charge in [0, 0.05) is 11.3 Å². The molecule has 4 rings (SSSR count). The van der Waals surface area contributed by atoms with E-state index in [9.17, 15) is 0 Å². The second-order valence-electron chi connectivity index (χ2n) is 5.92. The molecule has 0 aromatic heterocycles. The van der Waals surface area contributed by atoms with Gasteiger partial charge in [0.25, 0.3) is 0 Å². The number of allylic oxidation sites excluding steroid dienone is 1. The van der Waals surface area contributed by atoms with Gasteiger partial charge >= 0.3 is 0 Å². The number of nitrogens with two attached hydrogens (primary N) is 1. The van der Waals surface area contributed by atoms with Crippen molar-refractivity contribution in [2.45, 2.75) is 38.3 Å². The molecular weight excluding hydrogens is 246 g/mol. The largest absolute Gasteiger partial charge is 0.383 e. The first-order valence-corrected chi connectivity index (χ1v) is 7.51. The van der Waals surface area contributed by atoms with E-state index in [1.165, 1.54) is 42.5 Å². The maximum absolute atomic E-state index is 6.27. The highest BCUT2D eigenvalue weighted by molar-refractivity contribution is 6.26. The molecule has 0 bridgehead atoms. The maximum Gasteiger partial charge on any atom is 0.167 e. The molecule has 2 N–H and O–H groups in total. The summed E-state index contributed by atoms with van der Waals surface area (Å²) in [5, 5.41) is 0. The van der Waals surface area contributed by atoms with Crippen LogP contribution < -0.4 is 5.73 Å². The summed E-state index contributed by atoms with van der Waals surface area (Å²) in [5.41, 5.74) is 11.3. The highest BCUT2D eigenvalue weighted by Gasteiger charge is 2.36. The Morgan fingerprint density at radius 1 is 1.05 bits per heavy atom. The molecule has 0 spiro atoms. The van der Waals surface area contributed by atoms with Crippen LogP contribution in [0.15, 0.2) is 51.5 Å². The average Bonchev–Trinajstić information content (AvgIpc) is 2.87. The van der Waals surface area contributed by atoms with Crippen LogP contribution in [-0.4, -0.2) is 11.5 Å². The molecule has 2 unspecified atom stereocenters. The van der Waals surface area contributed by atoms with Crippen LogP contribution in [0.1, 0.15) is 43.8 Å². The molecule has 1 aromatic carbocycles. The van der Waals surface area contributed by atoms with Crippen LogP contribution in [0.5, 0.6) is 0 Å². The van der Waals surface area contributed by atoms with Crippen LogP contribution in [-0.2, 0) is 0 Å². The molecule has 3 heteroatoms. The molecule has 102 valence electrons. The normalized spacial score (nSPS) is 28.6. The van der Waals surface area contributed by atoms with Crippen molar-refractivity contribution >= 4 is 11.5 Å². The average molecular weight is 265 g/mol. The highest BCUT2D eigenvalue weighted by Crippen LogP contribution is 2.43. The van der Waals surface area contributed by atoms with E-state index in [1.807, 2.05) is 18.2 Å². The smallest absolute Gasteiger partial charge is 0.167 e. The van der Waals surface area contributed by atoms with Crippen molar-refractivity contribution in [1.82, 2.24) is 0 Å². The summed E-state index contributed by atoms with van der Waals surface area (Å²) >= 11 is 0. The predicted octanol–water partition coefficient (Wildman–Crippen LogP) is 3.39. The van der Waals surface area contributed by atoms with E-state index in [-0.39, 0.29) is 6.17 Å². The van der Waals surface area contributed by atoms with Crippen molar-refractivity contribution in [3.63, 3.8) is 0 Å². The Balaban J connectivity index is 1.75. The van der Waals surface area contributed by atoms with E-state index in [0.717, 1.165) is 12.0 Å². The quantitative estimate of drug-likeness (QED) is 0.831. The molecule has 1 aromatic rings. The minimum atomic E-state index is -0.143. The first-order valence-electron chi connectivity index (χ1n) is 7.51. The zero-order valence-corrected chi connectivity index (χ0v) is 11.5. The topological polar surface area (TPSA) is 50.7 Å². The lowest BCUT2D eigenvalue weighted by atomic mass is 9.85. The monoisotopic (exact) mass is 265 g/mol. The zero-order valence-electron chi connectivity index (χ0n) is 11.5. The number of hydrogen-bond acceptors (Lipinski definition) is 3. The molecule has 20 heavy (non-hydrogen) atoms. The Bertz CT molecular complexity index is 625. The minimum absolute atomic E-state index is 0.143. The van der Waals surface area contributed by atoms with Gasteiger partial charge in [0.2, 0.25) is 0 Å². The molecule has 1 heterocycles. The van der Waals surface area contributed by atoms with Gasteiger partial charge in [0.1, 0.15) is 5.84 Å². The fourth-order valence-electron chi connectivity index (χ4n) is 3.74. The van der Waals surface area contributed by atoms with Gasteiger partial charge in [-0.25, -0.2) is 4.99 Å². The second kappa shape index (κ2) is 4.58. The van der Waals surface area contributed by atoms with Crippen molar-refractivity contribution in [1.29, 1.82) is 0 Å². The molecule has 3 aliphatic rings. The molecular formula is C17H19N3. The third-order valence-electron chi connectivity index (χ3n) is 4.68. The summed E-state index contributed by atoms with van der Waals surface area (Å²) in [7, 11) is 0. The van der Waals surface area contributed by atoms with E-state index >= 15 is 0 Å². The Morgan fingerprint density at radius 2 is 1.90 bits per heavy atom. The number of rotatable bonds is 1. The molecule has 0 radical (unpaired) electrons. The lowest BCUT2D eigenvalue weighted by molar-refractivity contribution is 0.474. The first kappa shape index (κ1) is 11.9. The molecule has 1 aliphatic heterocycles. The number of benzene rings is 1. The van der Waals surface area contributed by atoms with E-state index in [1.54, 1.807) is 0 Å². The summed E-state index contributed by atoms with van der Waals surface area (Å²) in [6, 6.07) is 10.2. The Hall–Kier alpha value is -1.90. The van der Waals surface area contributed by atoms with Crippen LogP contribution in [0, 0.1) is 5.92 Å². The van der Waals surface area contributed by atoms with Gasteiger partial charge in [-0.15, -0.1) is 0 Å². The lowest BCUT2D eigenvalue weighted by Crippen LogP contribution is -2.25. The number of aliphatic imine (C=N–C) groups is 2. The lowest BCUT2D eigenvalue weighted by Gasteiger charge is -2.21. The van der Waals surface area contributed by atoms with Gasteiger partial charge in [-0.3, -0.25) is 4.99 Å². The van der Waals surface area contributed by atoms with Gasteiger partial charge in [-0.2, -0.15) is 0 Å². The molecule has 3 nitrogen and oxygen atoms in total. The summed E-state index contributed by atoms with van der Waals surface area (Å²) in [6.45, 7) is 0. The fourth-order valence-corrected chi connectivity index (χ4v) is 3.74. The molecule has 1 saturated carbocycles. The zero-order chi connectivity index (χ0) is 13.5. The summed E-state index contributed by atoms with van der Waals surface area (Å²) in [4.78, 5) is 9.52. The van der Waals surface area contributed by atoms with Crippen LogP contribution in [0.4, 0.5) is 0 Å². The van der Waals surface area contributed by atoms with Crippen LogP contribution in [0.2, 0.25) is 0 Å². The summed E-state index contributed by atoms with van der Waals surface area (Å²) in [6.07, 6.45) is 6.04. The number of nitrogens with zero attached hydrogens (tertiary/aromatic N) is 2. The number of fused-ring (bicyclic) bond motifs is 2. The minimum Gasteiger partial charge on any atom is -0.383 e. The van der Waals surface area contributed by atoms with Crippen LogP contribution in [0.3, 0.4) is 0 Å². The molecule has 1 fully saturated rings. The van der Waals surface area contributed by atoms with Crippen LogP contribution >= 0.6 is 0 Å². The molecule has 2 aliphatic carbocycles. The maximum atomic E-state index is 6.27. The third kappa shape index (κ3) is 1.80. The molecule has 0 saturated heterocycles. The van der Waals surface area contributed by atoms with Gasteiger partial charge in [0.05, 0.1) is 0 Å². The molecule has 2 atom stereocenters. The second-order valence-corrected chi connectivity index (χ2v) is 5.92. The highest BCUT2D eigenvalue weighted by atomic mass is 15.1. The predicted molar refractivity (Wildman–Crippen MR) is 81.8 cm³/mol.